The third-order valence-electron chi connectivity index (χ3n) is 6.26. The Labute approximate surface area is 181 Å². The number of benzene rings is 1. The van der Waals surface area contributed by atoms with Gasteiger partial charge < -0.3 is 15.3 Å². The largest absolute Gasteiger partial charge is 0.465 e. The number of carbonyl (C=O) groups excluding carboxylic acids is 1. The maximum absolute atomic E-state index is 12.3. The lowest BCUT2D eigenvalue weighted by atomic mass is 9.88. The van der Waals surface area contributed by atoms with Gasteiger partial charge >= 0.3 is 11.8 Å². The average molecular weight is 445 g/mol. The normalized spacial score (nSPS) is 22.1. The van der Waals surface area contributed by atoms with Crippen LogP contribution in [0.1, 0.15) is 30.7 Å². The highest BCUT2D eigenvalue weighted by molar-refractivity contribution is 5.82. The topological polar surface area (TPSA) is 161 Å². The molecule has 0 radical (unpaired) electrons. The maximum Gasteiger partial charge on any atom is 0.441 e. The Morgan fingerprint density at radius 1 is 1.28 bits per heavy atom. The molecule has 1 aromatic heterocycles. The number of rotatable bonds is 8. The van der Waals surface area contributed by atoms with E-state index in [0.717, 1.165) is 0 Å². The lowest BCUT2D eigenvalue weighted by molar-refractivity contribution is -0.385. The molecule has 1 aromatic carbocycles. The zero-order chi connectivity index (χ0) is 22.8. The number of para-hydroxylation sites is 1. The second kappa shape index (κ2) is 8.81. The first kappa shape index (κ1) is 21.5. The SMILES string of the molecule is O=C1N[C@@H]2CN(C(=O)O)C[C@@H]2[C@H]1CCCCc1noc(=O)n1Cc1ccccc1[N+](=O)[O-]. The van der Waals surface area contributed by atoms with Crippen LogP contribution in [0.4, 0.5) is 10.5 Å². The van der Waals surface area contributed by atoms with Gasteiger partial charge in [-0.15, -0.1) is 0 Å². The fraction of sp³-hybridized carbons (Fsp3) is 0.500. The number of nitro benzene ring substituents is 1. The lowest BCUT2D eigenvalue weighted by Crippen LogP contribution is -2.35. The van der Waals surface area contributed by atoms with Crippen LogP contribution in [0.25, 0.3) is 0 Å². The minimum Gasteiger partial charge on any atom is -0.465 e. The van der Waals surface area contributed by atoms with Crippen LogP contribution in [0.3, 0.4) is 0 Å². The highest BCUT2D eigenvalue weighted by Crippen LogP contribution is 2.33. The number of aromatic nitrogens is 2. The maximum atomic E-state index is 12.3. The monoisotopic (exact) mass is 445 g/mol. The Balaban J connectivity index is 1.35. The van der Waals surface area contributed by atoms with Crippen LogP contribution in [0, 0.1) is 22.0 Å². The van der Waals surface area contributed by atoms with E-state index >= 15 is 0 Å². The number of amides is 2. The van der Waals surface area contributed by atoms with E-state index in [9.17, 15) is 29.6 Å². The first-order valence-corrected chi connectivity index (χ1v) is 10.4. The summed E-state index contributed by atoms with van der Waals surface area (Å²) in [4.78, 5) is 47.6. The van der Waals surface area contributed by atoms with Crippen LogP contribution < -0.4 is 11.1 Å². The van der Waals surface area contributed by atoms with E-state index in [2.05, 4.69) is 10.5 Å². The number of carbonyl (C=O) groups is 2. The van der Waals surface area contributed by atoms with Gasteiger partial charge in [0.15, 0.2) is 5.82 Å². The molecule has 2 fully saturated rings. The summed E-state index contributed by atoms with van der Waals surface area (Å²) in [5, 5.41) is 27.1. The van der Waals surface area contributed by atoms with E-state index in [0.29, 0.717) is 50.2 Å². The van der Waals surface area contributed by atoms with Crippen molar-refractivity contribution in [3.05, 3.63) is 56.3 Å². The quantitative estimate of drug-likeness (QED) is 0.348. The summed E-state index contributed by atoms with van der Waals surface area (Å²) < 4.78 is 6.05. The Kier molecular flexibility index (Phi) is 5.93. The number of hydrogen-bond acceptors (Lipinski definition) is 7. The van der Waals surface area contributed by atoms with Crippen molar-refractivity contribution < 1.29 is 24.1 Å². The number of nitrogens with one attached hydrogen (secondary N) is 1. The molecule has 0 bridgehead atoms. The molecule has 0 unspecified atom stereocenters. The van der Waals surface area contributed by atoms with Gasteiger partial charge in [-0.2, -0.15) is 0 Å². The van der Waals surface area contributed by atoms with E-state index in [-0.39, 0.29) is 36.0 Å². The lowest BCUT2D eigenvalue weighted by Gasteiger charge is -2.16. The summed E-state index contributed by atoms with van der Waals surface area (Å²) in [6, 6.07) is 6.05. The summed E-state index contributed by atoms with van der Waals surface area (Å²) in [5.74, 6) is -0.603. The molecule has 0 spiro atoms. The summed E-state index contributed by atoms with van der Waals surface area (Å²) in [6.45, 7) is 0.649. The van der Waals surface area contributed by atoms with Crippen molar-refractivity contribution in [3.8, 4) is 0 Å². The first-order chi connectivity index (χ1) is 15.3. The number of fused-ring (bicyclic) bond motifs is 1. The zero-order valence-electron chi connectivity index (χ0n) is 17.2. The smallest absolute Gasteiger partial charge is 0.441 e. The molecule has 32 heavy (non-hydrogen) atoms. The predicted molar refractivity (Wildman–Crippen MR) is 109 cm³/mol. The van der Waals surface area contributed by atoms with Crippen LogP contribution in [0.5, 0.6) is 0 Å². The van der Waals surface area contributed by atoms with Gasteiger partial charge in [0.25, 0.3) is 5.69 Å². The van der Waals surface area contributed by atoms with Crippen molar-refractivity contribution in [3.63, 3.8) is 0 Å². The summed E-state index contributed by atoms with van der Waals surface area (Å²) in [7, 11) is 0. The molecule has 2 aromatic rings. The molecule has 0 aliphatic carbocycles. The molecule has 2 aliphatic rings. The summed E-state index contributed by atoms with van der Waals surface area (Å²) in [5.41, 5.74) is 0.294. The third kappa shape index (κ3) is 4.20. The van der Waals surface area contributed by atoms with Crippen molar-refractivity contribution in [2.75, 3.05) is 13.1 Å². The molecular weight excluding hydrogens is 422 g/mol. The number of nitrogens with zero attached hydrogens (tertiary/aromatic N) is 4. The van der Waals surface area contributed by atoms with Crippen LogP contribution in [-0.4, -0.2) is 55.8 Å². The van der Waals surface area contributed by atoms with Gasteiger partial charge in [-0.05, 0) is 12.8 Å². The number of likely N-dealkylation sites (tertiary alicyclic amines) is 1. The van der Waals surface area contributed by atoms with Crippen LogP contribution in [0.15, 0.2) is 33.6 Å². The third-order valence-corrected chi connectivity index (χ3v) is 6.26. The summed E-state index contributed by atoms with van der Waals surface area (Å²) in [6.07, 6.45) is 1.35. The van der Waals surface area contributed by atoms with Gasteiger partial charge in [-0.1, -0.05) is 29.8 Å². The van der Waals surface area contributed by atoms with Gasteiger partial charge in [0.05, 0.1) is 17.5 Å². The molecule has 0 saturated carbocycles. The highest BCUT2D eigenvalue weighted by atomic mass is 16.6. The molecular formula is C20H23N5O7. The second-order valence-electron chi connectivity index (χ2n) is 8.16. The van der Waals surface area contributed by atoms with Gasteiger partial charge in [0.1, 0.15) is 0 Å². The van der Waals surface area contributed by atoms with Gasteiger partial charge in [0, 0.05) is 43.0 Å². The van der Waals surface area contributed by atoms with E-state index in [1.54, 1.807) is 18.2 Å². The van der Waals surface area contributed by atoms with Gasteiger partial charge in [-0.25, -0.2) is 9.59 Å². The van der Waals surface area contributed by atoms with Crippen molar-refractivity contribution in [1.82, 2.24) is 19.9 Å². The Hall–Kier alpha value is -3.70. The molecule has 2 aliphatic heterocycles. The minimum absolute atomic E-state index is 0.0192. The molecule has 2 N–H and O–H groups in total. The molecule has 2 amide bonds. The Morgan fingerprint density at radius 3 is 2.81 bits per heavy atom. The molecule has 2 saturated heterocycles. The van der Waals surface area contributed by atoms with Crippen LogP contribution in [-0.2, 0) is 17.8 Å². The van der Waals surface area contributed by atoms with E-state index < -0.39 is 16.8 Å². The molecule has 3 heterocycles. The summed E-state index contributed by atoms with van der Waals surface area (Å²) >= 11 is 0. The van der Waals surface area contributed by atoms with Crippen LogP contribution in [0.2, 0.25) is 0 Å². The Morgan fingerprint density at radius 2 is 2.06 bits per heavy atom. The number of hydrogen-bond donors (Lipinski definition) is 2. The van der Waals surface area contributed by atoms with Crippen molar-refractivity contribution in [2.24, 2.45) is 11.8 Å². The first-order valence-electron chi connectivity index (χ1n) is 10.4. The fourth-order valence-corrected chi connectivity index (χ4v) is 4.65. The fourth-order valence-electron chi connectivity index (χ4n) is 4.65. The van der Waals surface area contributed by atoms with Gasteiger partial charge in [0.2, 0.25) is 5.91 Å². The highest BCUT2D eigenvalue weighted by Gasteiger charge is 2.48. The minimum atomic E-state index is -0.977. The predicted octanol–water partition coefficient (Wildman–Crippen LogP) is 1.23. The second-order valence-corrected chi connectivity index (χ2v) is 8.16. The number of nitro groups is 1. The van der Waals surface area contributed by atoms with E-state index in [4.69, 9.17) is 4.52 Å². The molecule has 3 atom stereocenters. The number of aryl methyl sites for hydroxylation is 1. The van der Waals surface area contributed by atoms with Crippen LogP contribution >= 0.6 is 0 Å². The van der Waals surface area contributed by atoms with Gasteiger partial charge in [-0.3, -0.25) is 24.0 Å². The average Bonchev–Trinajstić information content (AvgIpc) is 3.40. The molecule has 170 valence electrons. The number of unbranched alkanes of at least 4 members (excludes halogenated alkanes) is 1. The van der Waals surface area contributed by atoms with Crippen molar-refractivity contribution >= 4 is 17.7 Å². The Bertz CT molecular complexity index is 1090. The van der Waals surface area contributed by atoms with E-state index in [1.807, 2.05) is 0 Å². The van der Waals surface area contributed by atoms with Crippen molar-refractivity contribution in [2.45, 2.75) is 38.3 Å². The standard InChI is InChI=1S/C20H23N5O7/c26-18-13(14-10-23(19(27)28)11-15(14)21-18)6-2-4-8-17-22-32-20(29)24(17)9-12-5-1-3-7-16(12)25(30)31/h1,3,5,7,13-15H,2,4,6,8-11H2,(H,21,26)(H,27,28)/t13-,14-,15-/m1/s1. The molecule has 12 heteroatoms. The zero-order valence-corrected chi connectivity index (χ0v) is 17.2. The number of carboxylic acid groups (broad SMARTS) is 1. The van der Waals surface area contributed by atoms with Crippen molar-refractivity contribution in [1.29, 1.82) is 0 Å². The van der Waals surface area contributed by atoms with E-state index in [1.165, 1.54) is 15.5 Å². The molecule has 4 rings (SSSR count). The molecule has 12 nitrogen and oxygen atoms in total.